The summed E-state index contributed by atoms with van der Waals surface area (Å²) < 4.78 is 16.0. The van der Waals surface area contributed by atoms with Gasteiger partial charge in [0.05, 0.1) is 20.3 Å². The summed E-state index contributed by atoms with van der Waals surface area (Å²) in [6.45, 7) is 4.13. The zero-order valence-corrected chi connectivity index (χ0v) is 14.5. The van der Waals surface area contributed by atoms with Crippen LogP contribution in [0.2, 0.25) is 0 Å². The molecule has 24 heavy (non-hydrogen) atoms. The second-order valence-electron chi connectivity index (χ2n) is 4.79. The van der Waals surface area contributed by atoms with Crippen molar-refractivity contribution in [2.24, 2.45) is 10.7 Å². The first-order valence-corrected chi connectivity index (χ1v) is 7.37. The number of aromatic hydroxyl groups is 1. The van der Waals surface area contributed by atoms with Gasteiger partial charge in [-0.2, -0.15) is 4.99 Å². The topological polar surface area (TPSA) is 119 Å². The van der Waals surface area contributed by atoms with Crippen molar-refractivity contribution >= 4 is 17.7 Å². The highest BCUT2D eigenvalue weighted by Crippen LogP contribution is 2.48. The minimum atomic E-state index is -0.729. The molecule has 0 aliphatic carbocycles. The van der Waals surface area contributed by atoms with Crippen LogP contribution in [0.1, 0.15) is 13.8 Å². The molecule has 0 spiro atoms. The van der Waals surface area contributed by atoms with Gasteiger partial charge >= 0.3 is 6.03 Å². The van der Waals surface area contributed by atoms with Crippen LogP contribution in [-0.4, -0.2) is 56.4 Å². The molecule has 9 heteroatoms. The number of carbonyl (C=O) groups is 1. The van der Waals surface area contributed by atoms with E-state index >= 15 is 0 Å². The minimum absolute atomic E-state index is 0.0288. The molecule has 0 bridgehead atoms. The molecule has 9 nitrogen and oxygen atoms in total. The molecule has 0 unspecified atom stereocenters. The first-order chi connectivity index (χ1) is 11.3. The quantitative estimate of drug-likeness (QED) is 0.531. The number of phenolic OH excluding ortho intramolecular Hbond substituents is 1. The summed E-state index contributed by atoms with van der Waals surface area (Å²) in [4.78, 5) is 17.3. The minimum Gasteiger partial charge on any atom is -0.502 e. The number of nitrogens with two attached hydrogens (primary N) is 1. The highest BCUT2D eigenvalue weighted by Gasteiger charge is 2.22. The SMILES string of the molecule is CCOc1cc(OC)c(O)c(OCC)c1NC(=O)N=C(N)N(C)C. The molecular formula is C15H24N4O5. The van der Waals surface area contributed by atoms with Crippen LogP contribution in [0.15, 0.2) is 11.1 Å². The van der Waals surface area contributed by atoms with Crippen molar-refractivity contribution in [2.75, 3.05) is 39.7 Å². The average molecular weight is 340 g/mol. The van der Waals surface area contributed by atoms with Gasteiger partial charge in [0.1, 0.15) is 5.69 Å². The maximum absolute atomic E-state index is 12.1. The van der Waals surface area contributed by atoms with Crippen molar-refractivity contribution in [1.82, 2.24) is 4.90 Å². The fourth-order valence-electron chi connectivity index (χ4n) is 1.77. The average Bonchev–Trinajstić information content (AvgIpc) is 2.53. The zero-order chi connectivity index (χ0) is 18.3. The Balaban J connectivity index is 3.34. The van der Waals surface area contributed by atoms with Crippen LogP contribution in [0.25, 0.3) is 0 Å². The Bertz CT molecular complexity index is 616. The third-order valence-electron chi connectivity index (χ3n) is 2.90. The van der Waals surface area contributed by atoms with Gasteiger partial charge in [-0.05, 0) is 13.8 Å². The third-order valence-corrected chi connectivity index (χ3v) is 2.90. The Kier molecular flexibility index (Phi) is 6.97. The van der Waals surface area contributed by atoms with E-state index in [4.69, 9.17) is 19.9 Å². The molecule has 1 aromatic carbocycles. The second kappa shape index (κ2) is 8.70. The molecular weight excluding hydrogens is 316 g/mol. The molecule has 4 N–H and O–H groups in total. The van der Waals surface area contributed by atoms with Crippen molar-refractivity contribution < 1.29 is 24.1 Å². The number of carbonyl (C=O) groups excluding carboxylic acids is 1. The van der Waals surface area contributed by atoms with Gasteiger partial charge < -0.3 is 30.0 Å². The molecule has 1 rings (SSSR count). The number of nitrogens with zero attached hydrogens (tertiary/aromatic N) is 2. The largest absolute Gasteiger partial charge is 0.502 e. The number of anilines is 1. The van der Waals surface area contributed by atoms with Crippen molar-refractivity contribution in [2.45, 2.75) is 13.8 Å². The number of urea groups is 1. The number of benzene rings is 1. The predicted octanol–water partition coefficient (Wildman–Crippen LogP) is 1.61. The molecule has 0 aliphatic rings. The van der Waals surface area contributed by atoms with Crippen molar-refractivity contribution in [3.8, 4) is 23.0 Å². The van der Waals surface area contributed by atoms with Crippen LogP contribution in [0.3, 0.4) is 0 Å². The Morgan fingerprint density at radius 3 is 2.42 bits per heavy atom. The number of ether oxygens (including phenoxy) is 3. The van der Waals surface area contributed by atoms with E-state index in [-0.39, 0.29) is 41.3 Å². The van der Waals surface area contributed by atoms with Crippen molar-refractivity contribution in [1.29, 1.82) is 0 Å². The van der Waals surface area contributed by atoms with Crippen LogP contribution >= 0.6 is 0 Å². The van der Waals surface area contributed by atoms with E-state index in [0.717, 1.165) is 0 Å². The van der Waals surface area contributed by atoms with Crippen molar-refractivity contribution in [3.63, 3.8) is 0 Å². The highest BCUT2D eigenvalue weighted by atomic mass is 16.5. The highest BCUT2D eigenvalue weighted by molar-refractivity contribution is 6.01. The number of guanidine groups is 1. The Morgan fingerprint density at radius 2 is 1.92 bits per heavy atom. The number of methoxy groups -OCH3 is 1. The van der Waals surface area contributed by atoms with Gasteiger partial charge in [0.15, 0.2) is 23.2 Å². The van der Waals surface area contributed by atoms with Gasteiger partial charge in [0.25, 0.3) is 0 Å². The van der Waals surface area contributed by atoms with Gasteiger partial charge in [-0.3, -0.25) is 5.32 Å². The number of phenols is 1. The number of hydrogen-bond donors (Lipinski definition) is 3. The van der Waals surface area contributed by atoms with Gasteiger partial charge in [-0.25, -0.2) is 4.79 Å². The number of amides is 2. The summed E-state index contributed by atoms with van der Waals surface area (Å²) in [7, 11) is 4.71. The normalized spacial score (nSPS) is 11.0. The second-order valence-corrected chi connectivity index (χ2v) is 4.79. The van der Waals surface area contributed by atoms with Crippen molar-refractivity contribution in [3.05, 3.63) is 6.07 Å². The summed E-state index contributed by atoms with van der Waals surface area (Å²) in [5.74, 6) is 0.259. The number of nitrogens with one attached hydrogen (secondary N) is 1. The summed E-state index contributed by atoms with van der Waals surface area (Å²) in [5, 5.41) is 12.8. The molecule has 134 valence electrons. The van der Waals surface area contributed by atoms with Crippen LogP contribution in [0.4, 0.5) is 10.5 Å². The van der Waals surface area contributed by atoms with Crippen LogP contribution < -0.4 is 25.3 Å². The standard InChI is InChI=1S/C15H24N4O5/c1-6-23-9-8-10(22-5)12(20)13(24-7-2)11(9)17-15(21)18-14(16)19(3)4/h8,20H,6-7H2,1-5H3,(H3,16,17,18,21). The maximum Gasteiger partial charge on any atom is 0.348 e. The van der Waals surface area contributed by atoms with Crippen LogP contribution in [-0.2, 0) is 0 Å². The van der Waals surface area contributed by atoms with E-state index in [9.17, 15) is 9.90 Å². The van der Waals surface area contributed by atoms with E-state index in [1.54, 1.807) is 27.9 Å². The summed E-state index contributed by atoms with van der Waals surface area (Å²) in [5.41, 5.74) is 5.77. The lowest BCUT2D eigenvalue weighted by Crippen LogP contribution is -2.32. The van der Waals surface area contributed by atoms with Crippen LogP contribution in [0, 0.1) is 0 Å². The molecule has 0 aliphatic heterocycles. The maximum atomic E-state index is 12.1. The van der Waals surface area contributed by atoms with E-state index in [1.165, 1.54) is 18.1 Å². The molecule has 0 saturated carbocycles. The number of rotatable bonds is 6. The van der Waals surface area contributed by atoms with Gasteiger partial charge in [-0.1, -0.05) is 0 Å². The molecule has 0 aromatic heterocycles. The van der Waals surface area contributed by atoms with E-state index in [2.05, 4.69) is 10.3 Å². The molecule has 0 atom stereocenters. The van der Waals surface area contributed by atoms with Gasteiger partial charge in [-0.15, -0.1) is 0 Å². The fourth-order valence-corrected chi connectivity index (χ4v) is 1.77. The summed E-state index contributed by atoms with van der Waals surface area (Å²) >= 11 is 0. The Morgan fingerprint density at radius 1 is 1.29 bits per heavy atom. The molecule has 0 heterocycles. The lowest BCUT2D eigenvalue weighted by Gasteiger charge is -2.18. The molecule has 2 amide bonds. The molecule has 0 saturated heterocycles. The smallest absolute Gasteiger partial charge is 0.348 e. The van der Waals surface area contributed by atoms with E-state index < -0.39 is 6.03 Å². The van der Waals surface area contributed by atoms with Crippen LogP contribution in [0.5, 0.6) is 23.0 Å². The first kappa shape index (κ1) is 19.2. The Labute approximate surface area is 141 Å². The lowest BCUT2D eigenvalue weighted by molar-refractivity contribution is 0.258. The number of aliphatic imine (C=N–C) groups is 1. The molecule has 0 fully saturated rings. The Hall–Kier alpha value is -2.84. The summed E-state index contributed by atoms with van der Waals surface area (Å²) in [6.07, 6.45) is 0. The van der Waals surface area contributed by atoms with Gasteiger partial charge in [0, 0.05) is 20.2 Å². The lowest BCUT2D eigenvalue weighted by atomic mass is 10.2. The van der Waals surface area contributed by atoms with Gasteiger partial charge in [0.2, 0.25) is 5.75 Å². The number of hydrogen-bond acceptors (Lipinski definition) is 5. The fraction of sp³-hybridized carbons (Fsp3) is 0.467. The summed E-state index contributed by atoms with van der Waals surface area (Å²) in [6, 6.07) is 0.725. The zero-order valence-electron chi connectivity index (χ0n) is 14.5. The predicted molar refractivity (Wildman–Crippen MR) is 91.3 cm³/mol. The first-order valence-electron chi connectivity index (χ1n) is 7.37. The van der Waals surface area contributed by atoms with E-state index in [0.29, 0.717) is 6.61 Å². The molecule has 1 aromatic rings. The molecule has 0 radical (unpaired) electrons. The third kappa shape index (κ3) is 4.58. The van der Waals surface area contributed by atoms with E-state index in [1.807, 2.05) is 0 Å². The monoisotopic (exact) mass is 340 g/mol.